The summed E-state index contributed by atoms with van der Waals surface area (Å²) >= 11 is 0. The van der Waals surface area contributed by atoms with Gasteiger partial charge >= 0.3 is 30.4 Å². The lowest BCUT2D eigenvalue weighted by Gasteiger charge is -2.45. The molecule has 0 aliphatic heterocycles. The molecule has 0 unspecified atom stereocenters. The first-order chi connectivity index (χ1) is 12.4. The molecule has 1 aliphatic carbocycles. The maximum absolute atomic E-state index is 11.4. The van der Waals surface area contributed by atoms with Gasteiger partial charge in [0.05, 0.1) is 0 Å². The molecule has 0 aromatic heterocycles. The topological polar surface area (TPSA) is 237 Å². The molecular formula is C10H26N2O12P4. The molecule has 0 amide bonds. The van der Waals surface area contributed by atoms with Crippen molar-refractivity contribution >= 4 is 30.4 Å². The highest BCUT2D eigenvalue weighted by Crippen LogP contribution is 2.47. The van der Waals surface area contributed by atoms with Crippen molar-refractivity contribution in [3.05, 3.63) is 0 Å². The minimum absolute atomic E-state index is 0.170. The van der Waals surface area contributed by atoms with E-state index in [9.17, 15) is 57.4 Å². The van der Waals surface area contributed by atoms with E-state index in [1.54, 1.807) is 0 Å². The Balaban J connectivity index is 3.28. The Bertz CT molecular complexity index is 601. The highest BCUT2D eigenvalue weighted by atomic mass is 31.2. The van der Waals surface area contributed by atoms with E-state index in [2.05, 4.69) is 0 Å². The van der Waals surface area contributed by atoms with Gasteiger partial charge < -0.3 is 39.1 Å². The summed E-state index contributed by atoms with van der Waals surface area (Å²) in [4.78, 5) is 75.8. The van der Waals surface area contributed by atoms with Crippen LogP contribution in [0.25, 0.3) is 0 Å². The first kappa shape index (κ1) is 26.6. The molecule has 14 nitrogen and oxygen atoms in total. The van der Waals surface area contributed by atoms with Gasteiger partial charge in [0, 0.05) is 12.1 Å². The Hall–Kier alpha value is 0.520. The van der Waals surface area contributed by atoms with Crippen LogP contribution in [0.2, 0.25) is 0 Å². The maximum Gasteiger partial charge on any atom is 0.339 e. The SMILES string of the molecule is O=P(O)(O)CN(CP(=O)(O)O)[C@H]1CCCC[C@@H]1N(CP(=O)(O)O)CP(=O)(O)O. The van der Waals surface area contributed by atoms with Gasteiger partial charge in [-0.1, -0.05) is 12.8 Å². The van der Waals surface area contributed by atoms with Crippen LogP contribution >= 0.6 is 30.4 Å². The average molecular weight is 490 g/mol. The van der Waals surface area contributed by atoms with Crippen molar-refractivity contribution in [1.29, 1.82) is 0 Å². The zero-order valence-corrected chi connectivity index (χ0v) is 18.3. The van der Waals surface area contributed by atoms with Gasteiger partial charge in [-0.2, -0.15) is 0 Å². The lowest BCUT2D eigenvalue weighted by atomic mass is 9.89. The molecule has 1 rings (SSSR count). The summed E-state index contributed by atoms with van der Waals surface area (Å²) in [5, 5.41) is 0. The van der Waals surface area contributed by atoms with E-state index in [-0.39, 0.29) is 12.8 Å². The molecule has 2 atom stereocenters. The van der Waals surface area contributed by atoms with Crippen LogP contribution in [0.5, 0.6) is 0 Å². The van der Waals surface area contributed by atoms with Crippen LogP contribution in [0, 0.1) is 0 Å². The molecule has 0 saturated heterocycles. The number of rotatable bonds is 10. The smallest absolute Gasteiger partial charge is 0.324 e. The number of hydrogen-bond acceptors (Lipinski definition) is 6. The second kappa shape index (κ2) is 9.77. The zero-order valence-electron chi connectivity index (χ0n) is 14.7. The quantitative estimate of drug-likeness (QED) is 0.179. The minimum atomic E-state index is -4.76. The summed E-state index contributed by atoms with van der Waals surface area (Å²) < 4.78 is 45.8. The minimum Gasteiger partial charge on any atom is -0.324 e. The molecule has 1 aliphatic rings. The third-order valence-corrected chi connectivity index (χ3v) is 7.02. The molecule has 0 bridgehead atoms. The number of hydrogen-bond donors (Lipinski definition) is 8. The molecular weight excluding hydrogens is 464 g/mol. The van der Waals surface area contributed by atoms with Crippen LogP contribution in [0.4, 0.5) is 0 Å². The van der Waals surface area contributed by atoms with Gasteiger partial charge in [-0.05, 0) is 12.8 Å². The van der Waals surface area contributed by atoms with Gasteiger partial charge in [0.2, 0.25) is 0 Å². The van der Waals surface area contributed by atoms with Crippen molar-refractivity contribution in [1.82, 2.24) is 9.80 Å². The lowest BCUT2D eigenvalue weighted by Crippen LogP contribution is -2.54. The highest BCUT2D eigenvalue weighted by molar-refractivity contribution is 7.53. The molecule has 1 saturated carbocycles. The second-order valence-corrected chi connectivity index (χ2v) is 13.3. The molecule has 0 radical (unpaired) electrons. The molecule has 28 heavy (non-hydrogen) atoms. The molecule has 8 N–H and O–H groups in total. The van der Waals surface area contributed by atoms with Gasteiger partial charge in [0.25, 0.3) is 0 Å². The highest BCUT2D eigenvalue weighted by Gasteiger charge is 2.41. The van der Waals surface area contributed by atoms with E-state index in [0.29, 0.717) is 12.8 Å². The average Bonchev–Trinajstić information content (AvgIpc) is 2.39. The molecule has 1 fully saturated rings. The van der Waals surface area contributed by atoms with Gasteiger partial charge in [-0.3, -0.25) is 28.1 Å². The van der Waals surface area contributed by atoms with Gasteiger partial charge in [0.1, 0.15) is 25.1 Å². The summed E-state index contributed by atoms with van der Waals surface area (Å²) in [6.45, 7) is 0. The van der Waals surface area contributed by atoms with Crippen molar-refractivity contribution in [2.45, 2.75) is 37.8 Å². The fourth-order valence-electron chi connectivity index (χ4n) is 3.40. The van der Waals surface area contributed by atoms with Crippen molar-refractivity contribution in [2.75, 3.05) is 25.1 Å². The standard InChI is InChI=1S/C10H26N2O12P4/c13-25(14,15)5-11(6-26(16,17)18)9-3-1-2-4-10(9)12(7-27(19,20)21)8-28(22,23)24/h9-10H,1-8H2,(H2,13,14,15)(H2,16,17,18)(H2,19,20,21)(H2,22,23,24)/t9-,10-/m0/s1. The van der Waals surface area contributed by atoms with E-state index in [0.717, 1.165) is 9.80 Å². The van der Waals surface area contributed by atoms with E-state index >= 15 is 0 Å². The van der Waals surface area contributed by atoms with Crippen LogP contribution in [0.1, 0.15) is 25.7 Å². The normalized spacial score (nSPS) is 22.8. The monoisotopic (exact) mass is 490 g/mol. The maximum atomic E-state index is 11.4. The van der Waals surface area contributed by atoms with E-state index in [1.165, 1.54) is 0 Å². The zero-order chi connectivity index (χ0) is 22.0. The van der Waals surface area contributed by atoms with E-state index in [1.807, 2.05) is 0 Å². The van der Waals surface area contributed by atoms with Gasteiger partial charge in [-0.15, -0.1) is 0 Å². The molecule has 0 aromatic rings. The van der Waals surface area contributed by atoms with Crippen molar-refractivity contribution in [3.63, 3.8) is 0 Å². The Morgan fingerprint density at radius 2 is 0.750 bits per heavy atom. The molecule has 18 heteroatoms. The summed E-state index contributed by atoms with van der Waals surface area (Å²) in [5.41, 5.74) is 0. The first-order valence-corrected chi connectivity index (χ1v) is 15.2. The third-order valence-electron chi connectivity index (χ3n) is 4.10. The predicted octanol–water partition coefficient (Wildman–Crippen LogP) is -0.558. The Labute approximate surface area is 161 Å². The van der Waals surface area contributed by atoms with Crippen LogP contribution < -0.4 is 0 Å². The van der Waals surface area contributed by atoms with E-state index in [4.69, 9.17) is 0 Å². The summed E-state index contributed by atoms with van der Waals surface area (Å²) in [7, 11) is -19.0. The van der Waals surface area contributed by atoms with E-state index < -0.39 is 67.6 Å². The Morgan fingerprint density at radius 3 is 0.929 bits per heavy atom. The van der Waals surface area contributed by atoms with Crippen LogP contribution in [-0.4, -0.2) is 86.2 Å². The molecule has 0 spiro atoms. The molecule has 0 heterocycles. The second-order valence-electron chi connectivity index (χ2n) is 6.82. The third kappa shape index (κ3) is 11.1. The van der Waals surface area contributed by atoms with Crippen LogP contribution in [-0.2, 0) is 18.3 Å². The summed E-state index contributed by atoms with van der Waals surface area (Å²) in [5.74, 6) is 0. The predicted molar refractivity (Wildman–Crippen MR) is 97.4 cm³/mol. The molecule has 168 valence electrons. The largest absolute Gasteiger partial charge is 0.339 e. The fraction of sp³-hybridized carbons (Fsp3) is 1.00. The number of nitrogens with zero attached hydrogens (tertiary/aromatic N) is 2. The molecule has 0 aromatic carbocycles. The summed E-state index contributed by atoms with van der Waals surface area (Å²) in [6.07, 6.45) is -2.72. The van der Waals surface area contributed by atoms with Crippen molar-refractivity contribution in [2.24, 2.45) is 0 Å². The van der Waals surface area contributed by atoms with Gasteiger partial charge in [0.15, 0.2) is 0 Å². The van der Waals surface area contributed by atoms with Crippen molar-refractivity contribution in [3.8, 4) is 0 Å². The lowest BCUT2D eigenvalue weighted by molar-refractivity contribution is 0.0746. The fourth-order valence-corrected chi connectivity index (χ4v) is 6.85. The first-order valence-electron chi connectivity index (χ1n) is 8.03. The van der Waals surface area contributed by atoms with Crippen LogP contribution in [0.3, 0.4) is 0 Å². The van der Waals surface area contributed by atoms with Crippen molar-refractivity contribution < 1.29 is 57.4 Å². The van der Waals surface area contributed by atoms with Crippen LogP contribution in [0.15, 0.2) is 0 Å². The van der Waals surface area contributed by atoms with Gasteiger partial charge in [-0.25, -0.2) is 0 Å². The summed E-state index contributed by atoms with van der Waals surface area (Å²) in [6, 6.07) is -1.96. The Morgan fingerprint density at radius 1 is 0.536 bits per heavy atom. The Kier molecular flexibility index (Phi) is 9.26.